The van der Waals surface area contributed by atoms with Crippen molar-refractivity contribution in [3.05, 3.63) is 23.9 Å². The number of primary amides is 1. The smallest absolute Gasteiger partial charge is 0.236 e. The molecule has 118 valence electrons. The van der Waals surface area contributed by atoms with Crippen LogP contribution < -0.4 is 16.0 Å². The first kappa shape index (κ1) is 17.4. The van der Waals surface area contributed by atoms with Gasteiger partial charge in [-0.05, 0) is 30.0 Å². The summed E-state index contributed by atoms with van der Waals surface area (Å²) in [5, 5.41) is 3.39. The summed E-state index contributed by atoms with van der Waals surface area (Å²) in [5.74, 6) is 1.54. The second-order valence-electron chi connectivity index (χ2n) is 6.29. The quantitative estimate of drug-likeness (QED) is 0.728. The highest BCUT2D eigenvalue weighted by Gasteiger charge is 2.12. The van der Waals surface area contributed by atoms with E-state index in [1.54, 1.807) is 0 Å². The van der Waals surface area contributed by atoms with Crippen molar-refractivity contribution in [3.63, 3.8) is 0 Å². The van der Waals surface area contributed by atoms with E-state index in [2.05, 4.69) is 38.0 Å². The minimum atomic E-state index is -0.333. The van der Waals surface area contributed by atoms with Crippen molar-refractivity contribution in [2.75, 3.05) is 24.5 Å². The van der Waals surface area contributed by atoms with E-state index < -0.39 is 0 Å². The van der Waals surface area contributed by atoms with Crippen LogP contribution in [0.2, 0.25) is 0 Å². The molecule has 0 saturated heterocycles. The van der Waals surface area contributed by atoms with Crippen molar-refractivity contribution in [2.45, 2.75) is 34.2 Å². The van der Waals surface area contributed by atoms with Gasteiger partial charge in [0, 0.05) is 19.3 Å². The van der Waals surface area contributed by atoms with Crippen LogP contribution in [0.3, 0.4) is 0 Å². The highest BCUT2D eigenvalue weighted by Crippen LogP contribution is 2.13. The number of carbonyl (C=O) groups is 1. The Hall–Kier alpha value is -1.62. The van der Waals surface area contributed by atoms with Crippen LogP contribution in [0.15, 0.2) is 18.3 Å². The highest BCUT2D eigenvalue weighted by atomic mass is 16.1. The van der Waals surface area contributed by atoms with Gasteiger partial charge in [0.2, 0.25) is 5.91 Å². The Balaban J connectivity index is 2.66. The molecule has 0 spiro atoms. The molecule has 5 heteroatoms. The van der Waals surface area contributed by atoms with Gasteiger partial charge in [-0.15, -0.1) is 0 Å². The lowest BCUT2D eigenvalue weighted by molar-refractivity contribution is -0.116. The maximum atomic E-state index is 11.2. The first-order valence-corrected chi connectivity index (χ1v) is 7.57. The van der Waals surface area contributed by atoms with E-state index in [0.717, 1.165) is 31.0 Å². The summed E-state index contributed by atoms with van der Waals surface area (Å²) < 4.78 is 0. The molecule has 1 heterocycles. The predicted molar refractivity (Wildman–Crippen MR) is 87.0 cm³/mol. The van der Waals surface area contributed by atoms with Crippen molar-refractivity contribution in [1.29, 1.82) is 0 Å². The molecule has 0 aromatic carbocycles. The second kappa shape index (κ2) is 8.62. The van der Waals surface area contributed by atoms with Gasteiger partial charge in [0.15, 0.2) is 0 Å². The van der Waals surface area contributed by atoms with E-state index in [9.17, 15) is 4.79 Å². The monoisotopic (exact) mass is 292 g/mol. The number of carbonyl (C=O) groups excluding carboxylic acids is 1. The standard InChI is InChI=1S/C16H28N4O/c1-12(2)7-18-8-14-5-6-16(19-9-14)20(10-13(3)4)11-15(17)21/h5-6,9,12-13,18H,7-8,10-11H2,1-4H3,(H2,17,21). The number of aromatic nitrogens is 1. The Morgan fingerprint density at radius 2 is 2.00 bits per heavy atom. The third-order valence-corrected chi connectivity index (χ3v) is 2.95. The fourth-order valence-electron chi connectivity index (χ4n) is 2.08. The van der Waals surface area contributed by atoms with E-state index in [0.29, 0.717) is 11.8 Å². The Kier molecular flexibility index (Phi) is 7.15. The zero-order valence-electron chi connectivity index (χ0n) is 13.6. The molecular weight excluding hydrogens is 264 g/mol. The molecule has 1 rings (SSSR count). The SMILES string of the molecule is CC(C)CNCc1ccc(N(CC(N)=O)CC(C)C)nc1. The number of rotatable bonds is 9. The number of nitrogens with two attached hydrogens (primary N) is 1. The van der Waals surface area contributed by atoms with E-state index in [-0.39, 0.29) is 12.5 Å². The zero-order chi connectivity index (χ0) is 15.8. The summed E-state index contributed by atoms with van der Waals surface area (Å²) in [6.45, 7) is 11.4. The van der Waals surface area contributed by atoms with Crippen LogP contribution in [-0.4, -0.2) is 30.5 Å². The van der Waals surface area contributed by atoms with Gasteiger partial charge in [-0.3, -0.25) is 4.79 Å². The zero-order valence-corrected chi connectivity index (χ0v) is 13.6. The summed E-state index contributed by atoms with van der Waals surface area (Å²) in [6, 6.07) is 4.00. The minimum absolute atomic E-state index is 0.204. The highest BCUT2D eigenvalue weighted by molar-refractivity contribution is 5.79. The molecule has 0 aliphatic heterocycles. The van der Waals surface area contributed by atoms with Crippen LogP contribution in [0, 0.1) is 11.8 Å². The molecule has 0 saturated carbocycles. The van der Waals surface area contributed by atoms with Crippen molar-refractivity contribution < 1.29 is 4.79 Å². The van der Waals surface area contributed by atoms with Gasteiger partial charge in [-0.25, -0.2) is 4.98 Å². The van der Waals surface area contributed by atoms with Crippen molar-refractivity contribution in [2.24, 2.45) is 17.6 Å². The Morgan fingerprint density at radius 1 is 1.29 bits per heavy atom. The molecule has 0 aliphatic rings. The predicted octanol–water partition coefficient (Wildman–Crippen LogP) is 1.77. The summed E-state index contributed by atoms with van der Waals surface area (Å²) in [5.41, 5.74) is 6.45. The minimum Gasteiger partial charge on any atom is -0.368 e. The first-order valence-electron chi connectivity index (χ1n) is 7.57. The third kappa shape index (κ3) is 7.09. The summed E-state index contributed by atoms with van der Waals surface area (Å²) in [7, 11) is 0. The molecule has 0 aliphatic carbocycles. The molecule has 0 radical (unpaired) electrons. The maximum Gasteiger partial charge on any atom is 0.236 e. The topological polar surface area (TPSA) is 71.2 Å². The lowest BCUT2D eigenvalue weighted by Gasteiger charge is -2.24. The van der Waals surface area contributed by atoms with E-state index in [1.807, 2.05) is 23.2 Å². The van der Waals surface area contributed by atoms with Gasteiger partial charge < -0.3 is 16.0 Å². The van der Waals surface area contributed by atoms with Crippen LogP contribution in [-0.2, 0) is 11.3 Å². The lowest BCUT2D eigenvalue weighted by Crippen LogP contribution is -2.36. The molecule has 1 amide bonds. The van der Waals surface area contributed by atoms with Gasteiger partial charge in [0.05, 0.1) is 6.54 Å². The first-order chi connectivity index (χ1) is 9.88. The Bertz CT molecular complexity index is 428. The molecule has 1 aromatic rings. The van der Waals surface area contributed by atoms with Crippen molar-refractivity contribution in [1.82, 2.24) is 10.3 Å². The molecule has 0 unspecified atom stereocenters. The van der Waals surface area contributed by atoms with Crippen LogP contribution in [0.25, 0.3) is 0 Å². The molecule has 5 nitrogen and oxygen atoms in total. The number of nitrogens with zero attached hydrogens (tertiary/aromatic N) is 2. The van der Waals surface area contributed by atoms with Crippen LogP contribution in [0.1, 0.15) is 33.3 Å². The summed E-state index contributed by atoms with van der Waals surface area (Å²) >= 11 is 0. The summed E-state index contributed by atoms with van der Waals surface area (Å²) in [6.07, 6.45) is 1.86. The van der Waals surface area contributed by atoms with Gasteiger partial charge in [0.25, 0.3) is 0 Å². The van der Waals surface area contributed by atoms with Crippen LogP contribution in [0.5, 0.6) is 0 Å². The molecule has 3 N–H and O–H groups in total. The van der Waals surface area contributed by atoms with Crippen molar-refractivity contribution in [3.8, 4) is 0 Å². The normalized spacial score (nSPS) is 11.1. The summed E-state index contributed by atoms with van der Waals surface area (Å²) in [4.78, 5) is 17.6. The molecule has 21 heavy (non-hydrogen) atoms. The van der Waals surface area contributed by atoms with E-state index in [4.69, 9.17) is 5.73 Å². The van der Waals surface area contributed by atoms with Crippen LogP contribution >= 0.6 is 0 Å². The average Bonchev–Trinajstić information content (AvgIpc) is 2.37. The van der Waals surface area contributed by atoms with Gasteiger partial charge in [0.1, 0.15) is 5.82 Å². The third-order valence-electron chi connectivity index (χ3n) is 2.95. The molecule has 0 fully saturated rings. The number of hydrogen-bond acceptors (Lipinski definition) is 4. The van der Waals surface area contributed by atoms with E-state index in [1.165, 1.54) is 0 Å². The molecule has 1 aromatic heterocycles. The second-order valence-corrected chi connectivity index (χ2v) is 6.29. The van der Waals surface area contributed by atoms with Gasteiger partial charge in [-0.2, -0.15) is 0 Å². The maximum absolute atomic E-state index is 11.2. The number of amides is 1. The fourth-order valence-corrected chi connectivity index (χ4v) is 2.08. The lowest BCUT2D eigenvalue weighted by atomic mass is 10.2. The number of pyridine rings is 1. The van der Waals surface area contributed by atoms with Gasteiger partial charge in [-0.1, -0.05) is 33.8 Å². The number of nitrogens with one attached hydrogen (secondary N) is 1. The Morgan fingerprint density at radius 3 is 2.48 bits per heavy atom. The molecule has 0 atom stereocenters. The van der Waals surface area contributed by atoms with Crippen LogP contribution in [0.4, 0.5) is 5.82 Å². The fraction of sp³-hybridized carbons (Fsp3) is 0.625. The molecular formula is C16H28N4O. The number of hydrogen-bond donors (Lipinski definition) is 2. The van der Waals surface area contributed by atoms with E-state index >= 15 is 0 Å². The molecule has 0 bridgehead atoms. The largest absolute Gasteiger partial charge is 0.368 e. The Labute approximate surface area is 127 Å². The average molecular weight is 292 g/mol. The van der Waals surface area contributed by atoms with Crippen molar-refractivity contribution >= 4 is 11.7 Å². The van der Waals surface area contributed by atoms with Gasteiger partial charge >= 0.3 is 0 Å². The number of anilines is 1.